The fraction of sp³-hybridized carbons (Fsp3) is 0.348. The number of likely N-dealkylation sites (tertiary alicyclic amines) is 1. The van der Waals surface area contributed by atoms with Gasteiger partial charge in [-0.05, 0) is 55.7 Å². The molecule has 0 aliphatic carbocycles. The summed E-state index contributed by atoms with van der Waals surface area (Å²) < 4.78 is 0. The fourth-order valence-corrected chi connectivity index (χ4v) is 4.23. The van der Waals surface area contributed by atoms with Gasteiger partial charge in [-0.25, -0.2) is 0 Å². The second-order valence-corrected chi connectivity index (χ2v) is 8.19. The van der Waals surface area contributed by atoms with E-state index in [1.54, 1.807) is 34.1 Å². The van der Waals surface area contributed by atoms with E-state index in [-0.39, 0.29) is 23.6 Å². The Kier molecular flexibility index (Phi) is 6.04. The Hall–Kier alpha value is -2.86. The van der Waals surface area contributed by atoms with Crippen LogP contribution in [-0.2, 0) is 9.59 Å². The molecule has 1 N–H and O–H groups in total. The van der Waals surface area contributed by atoms with Gasteiger partial charge in [0.2, 0.25) is 11.8 Å². The summed E-state index contributed by atoms with van der Waals surface area (Å²) in [5.74, 6) is -0.429. The number of anilines is 2. The number of carbonyl (C=O) groups excluding carboxylic acids is 3. The number of piperidine rings is 1. The van der Waals surface area contributed by atoms with Gasteiger partial charge in [0.15, 0.2) is 0 Å². The average Bonchev–Trinajstić information content (AvgIpc) is 3.20. The molecule has 3 amide bonds. The second-order valence-electron chi connectivity index (χ2n) is 7.75. The first-order chi connectivity index (χ1) is 14.5. The van der Waals surface area contributed by atoms with Gasteiger partial charge < -0.3 is 15.1 Å². The van der Waals surface area contributed by atoms with Crippen molar-refractivity contribution in [3.63, 3.8) is 0 Å². The molecular formula is C23H24ClN3O3. The first kappa shape index (κ1) is 20.4. The average molecular weight is 426 g/mol. The van der Waals surface area contributed by atoms with Crippen molar-refractivity contribution in [1.82, 2.24) is 4.90 Å². The molecule has 0 radical (unpaired) electrons. The summed E-state index contributed by atoms with van der Waals surface area (Å²) in [7, 11) is 0. The number of carbonyl (C=O) groups is 3. The summed E-state index contributed by atoms with van der Waals surface area (Å²) in [6, 6.07) is 14.2. The molecule has 2 heterocycles. The number of para-hydroxylation sites is 2. The molecule has 0 spiro atoms. The maximum absolute atomic E-state index is 13.0. The van der Waals surface area contributed by atoms with Gasteiger partial charge in [0.1, 0.15) is 0 Å². The number of amides is 3. The predicted molar refractivity (Wildman–Crippen MR) is 117 cm³/mol. The molecule has 7 heteroatoms. The van der Waals surface area contributed by atoms with Gasteiger partial charge in [0.25, 0.3) is 5.91 Å². The maximum Gasteiger partial charge on any atom is 0.253 e. The zero-order valence-corrected chi connectivity index (χ0v) is 17.4. The van der Waals surface area contributed by atoms with Crippen LogP contribution < -0.4 is 10.2 Å². The van der Waals surface area contributed by atoms with E-state index in [1.807, 2.05) is 24.3 Å². The molecule has 2 aliphatic rings. The molecule has 0 saturated carbocycles. The summed E-state index contributed by atoms with van der Waals surface area (Å²) in [5, 5.41) is 3.58. The monoisotopic (exact) mass is 425 g/mol. The van der Waals surface area contributed by atoms with Crippen LogP contribution in [0.2, 0.25) is 5.02 Å². The highest BCUT2D eigenvalue weighted by Crippen LogP contribution is 2.30. The Labute approximate surface area is 180 Å². The number of nitrogens with one attached hydrogen (secondary N) is 1. The minimum absolute atomic E-state index is 0.0779. The highest BCUT2D eigenvalue weighted by Gasteiger charge is 2.30. The van der Waals surface area contributed by atoms with Crippen LogP contribution in [0.1, 0.15) is 36.0 Å². The zero-order chi connectivity index (χ0) is 21.1. The zero-order valence-electron chi connectivity index (χ0n) is 16.6. The van der Waals surface area contributed by atoms with Crippen molar-refractivity contribution in [3.05, 3.63) is 59.1 Å². The summed E-state index contributed by atoms with van der Waals surface area (Å²) in [6.07, 6.45) is 2.85. The third-order valence-electron chi connectivity index (χ3n) is 5.70. The van der Waals surface area contributed by atoms with Crippen molar-refractivity contribution in [1.29, 1.82) is 0 Å². The van der Waals surface area contributed by atoms with Crippen molar-refractivity contribution < 1.29 is 14.4 Å². The van der Waals surface area contributed by atoms with E-state index in [4.69, 9.17) is 11.6 Å². The van der Waals surface area contributed by atoms with E-state index in [2.05, 4.69) is 5.32 Å². The van der Waals surface area contributed by atoms with E-state index < -0.39 is 0 Å². The highest BCUT2D eigenvalue weighted by molar-refractivity contribution is 6.30. The van der Waals surface area contributed by atoms with Crippen LogP contribution in [0.25, 0.3) is 0 Å². The molecule has 0 aromatic heterocycles. The molecule has 6 nitrogen and oxygen atoms in total. The van der Waals surface area contributed by atoms with Crippen molar-refractivity contribution >= 4 is 40.7 Å². The molecule has 0 bridgehead atoms. The lowest BCUT2D eigenvalue weighted by Crippen LogP contribution is -2.43. The Morgan fingerprint density at radius 1 is 1.00 bits per heavy atom. The van der Waals surface area contributed by atoms with Crippen molar-refractivity contribution in [2.75, 3.05) is 29.9 Å². The van der Waals surface area contributed by atoms with Crippen molar-refractivity contribution in [3.8, 4) is 0 Å². The molecule has 156 valence electrons. The lowest BCUT2D eigenvalue weighted by molar-refractivity contribution is -0.121. The molecule has 1 atom stereocenters. The number of halogens is 1. The molecule has 2 aromatic carbocycles. The first-order valence-corrected chi connectivity index (χ1v) is 10.7. The lowest BCUT2D eigenvalue weighted by Gasteiger charge is -2.32. The standard InChI is InChI=1S/C23H24ClN3O3/c24-18-11-9-16(10-12-18)23(30)26-13-3-5-17(15-26)22(29)25-19-6-1-2-7-20(19)27-14-4-8-21(27)28/h1-2,6-7,9-12,17H,3-5,8,13-15H2,(H,25,29)/t17-/m0/s1. The maximum atomic E-state index is 13.0. The van der Waals surface area contributed by atoms with Crippen LogP contribution >= 0.6 is 11.6 Å². The number of hydrogen-bond donors (Lipinski definition) is 1. The molecule has 2 aliphatic heterocycles. The summed E-state index contributed by atoms with van der Waals surface area (Å²) in [5.41, 5.74) is 1.94. The van der Waals surface area contributed by atoms with Crippen LogP contribution in [0.3, 0.4) is 0 Å². The SMILES string of the molecule is O=C(Nc1ccccc1N1CCCC1=O)[C@H]1CCCN(C(=O)c2ccc(Cl)cc2)C1. The van der Waals surface area contributed by atoms with E-state index in [9.17, 15) is 14.4 Å². The van der Waals surface area contributed by atoms with Gasteiger partial charge in [0.05, 0.1) is 17.3 Å². The second kappa shape index (κ2) is 8.88. The normalized spacial score (nSPS) is 19.1. The third-order valence-corrected chi connectivity index (χ3v) is 5.95. The van der Waals surface area contributed by atoms with Gasteiger partial charge in [-0.15, -0.1) is 0 Å². The molecule has 0 unspecified atom stereocenters. The lowest BCUT2D eigenvalue weighted by atomic mass is 9.96. The van der Waals surface area contributed by atoms with Crippen LogP contribution in [-0.4, -0.2) is 42.3 Å². The van der Waals surface area contributed by atoms with E-state index in [0.29, 0.717) is 42.3 Å². The van der Waals surface area contributed by atoms with E-state index in [1.165, 1.54) is 0 Å². The Balaban J connectivity index is 1.45. The molecule has 2 saturated heterocycles. The van der Waals surface area contributed by atoms with E-state index >= 15 is 0 Å². The van der Waals surface area contributed by atoms with Crippen LogP contribution in [0.4, 0.5) is 11.4 Å². The molecular weight excluding hydrogens is 402 g/mol. The van der Waals surface area contributed by atoms with Crippen LogP contribution in [0.5, 0.6) is 0 Å². The molecule has 2 aromatic rings. The quantitative estimate of drug-likeness (QED) is 0.806. The predicted octanol–water partition coefficient (Wildman–Crippen LogP) is 3.96. The van der Waals surface area contributed by atoms with Crippen molar-refractivity contribution in [2.24, 2.45) is 5.92 Å². The van der Waals surface area contributed by atoms with Crippen LogP contribution in [0, 0.1) is 5.92 Å². The van der Waals surface area contributed by atoms with Gasteiger partial charge >= 0.3 is 0 Å². The minimum Gasteiger partial charge on any atom is -0.338 e. The number of rotatable bonds is 4. The van der Waals surface area contributed by atoms with Gasteiger partial charge in [-0.2, -0.15) is 0 Å². The van der Waals surface area contributed by atoms with Crippen molar-refractivity contribution in [2.45, 2.75) is 25.7 Å². The third kappa shape index (κ3) is 4.33. The fourth-order valence-electron chi connectivity index (χ4n) is 4.10. The Morgan fingerprint density at radius 2 is 1.77 bits per heavy atom. The molecule has 2 fully saturated rings. The summed E-state index contributed by atoms with van der Waals surface area (Å²) in [4.78, 5) is 41.4. The van der Waals surface area contributed by atoms with E-state index in [0.717, 1.165) is 24.9 Å². The van der Waals surface area contributed by atoms with Gasteiger partial charge in [-0.1, -0.05) is 23.7 Å². The summed E-state index contributed by atoms with van der Waals surface area (Å²) >= 11 is 5.91. The topological polar surface area (TPSA) is 69.7 Å². The van der Waals surface area contributed by atoms with Crippen LogP contribution in [0.15, 0.2) is 48.5 Å². The number of nitrogens with zero attached hydrogens (tertiary/aromatic N) is 2. The van der Waals surface area contributed by atoms with Gasteiger partial charge in [-0.3, -0.25) is 14.4 Å². The number of benzene rings is 2. The largest absolute Gasteiger partial charge is 0.338 e. The number of hydrogen-bond acceptors (Lipinski definition) is 3. The smallest absolute Gasteiger partial charge is 0.253 e. The Morgan fingerprint density at radius 3 is 2.50 bits per heavy atom. The summed E-state index contributed by atoms with van der Waals surface area (Å²) in [6.45, 7) is 1.67. The molecule has 30 heavy (non-hydrogen) atoms. The molecule has 4 rings (SSSR count). The first-order valence-electron chi connectivity index (χ1n) is 10.3. The minimum atomic E-state index is -0.294. The highest BCUT2D eigenvalue weighted by atomic mass is 35.5. The van der Waals surface area contributed by atoms with Gasteiger partial charge in [0, 0.05) is 36.6 Å². The Bertz CT molecular complexity index is 960.